The molecular weight excluding hydrogens is 276 g/mol. The summed E-state index contributed by atoms with van der Waals surface area (Å²) in [5.74, 6) is 0. The maximum atomic E-state index is 11.1. The highest BCUT2D eigenvalue weighted by atomic mass is 16.1. The normalized spacial score (nSPS) is 11.0. The third kappa shape index (κ3) is 2.99. The van der Waals surface area contributed by atoms with Gasteiger partial charge in [0.2, 0.25) is 0 Å². The van der Waals surface area contributed by atoms with Crippen molar-refractivity contribution in [1.82, 2.24) is 14.3 Å². The van der Waals surface area contributed by atoms with Crippen molar-refractivity contribution in [3.63, 3.8) is 0 Å². The van der Waals surface area contributed by atoms with Crippen LogP contribution in [0.3, 0.4) is 0 Å². The molecule has 1 N–H and O–H groups in total. The summed E-state index contributed by atoms with van der Waals surface area (Å²) in [4.78, 5) is 17.4. The Hall–Kier alpha value is -2.66. The van der Waals surface area contributed by atoms with Gasteiger partial charge in [-0.3, -0.25) is 4.79 Å². The summed E-state index contributed by atoms with van der Waals surface area (Å²) < 4.78 is 1.96. The van der Waals surface area contributed by atoms with Gasteiger partial charge in [0.05, 0.1) is 5.69 Å². The van der Waals surface area contributed by atoms with Crippen LogP contribution in [0.2, 0.25) is 0 Å². The number of nitrogens with zero attached hydrogens (tertiary/aromatic N) is 3. The van der Waals surface area contributed by atoms with Crippen LogP contribution in [0.5, 0.6) is 0 Å². The molecule has 3 rings (SSSR count). The Morgan fingerprint density at radius 2 is 2.05 bits per heavy atom. The second-order valence-electron chi connectivity index (χ2n) is 5.50. The van der Waals surface area contributed by atoms with Gasteiger partial charge in [-0.15, -0.1) is 0 Å². The number of fused-ring (bicyclic) bond motifs is 1. The zero-order valence-electron chi connectivity index (χ0n) is 12.7. The van der Waals surface area contributed by atoms with Gasteiger partial charge in [-0.2, -0.15) is 0 Å². The Labute approximate surface area is 129 Å². The Balaban J connectivity index is 1.89. The van der Waals surface area contributed by atoms with E-state index in [9.17, 15) is 4.79 Å². The number of rotatable bonds is 5. The molecule has 0 radical (unpaired) electrons. The molecule has 112 valence electrons. The van der Waals surface area contributed by atoms with Gasteiger partial charge >= 0.3 is 0 Å². The van der Waals surface area contributed by atoms with Crippen LogP contribution in [0, 0.1) is 0 Å². The molecule has 1 aromatic carbocycles. The van der Waals surface area contributed by atoms with E-state index in [1.54, 1.807) is 6.20 Å². The quantitative estimate of drug-likeness (QED) is 0.735. The van der Waals surface area contributed by atoms with Gasteiger partial charge in [0.1, 0.15) is 11.9 Å². The van der Waals surface area contributed by atoms with Crippen LogP contribution in [0.25, 0.3) is 5.65 Å². The molecule has 22 heavy (non-hydrogen) atoms. The van der Waals surface area contributed by atoms with E-state index in [0.29, 0.717) is 0 Å². The van der Waals surface area contributed by atoms with Gasteiger partial charge < -0.3 is 14.6 Å². The van der Waals surface area contributed by atoms with E-state index in [-0.39, 0.29) is 0 Å². The van der Waals surface area contributed by atoms with Crippen molar-refractivity contribution in [2.45, 2.75) is 6.54 Å². The third-order valence-electron chi connectivity index (χ3n) is 3.43. The summed E-state index contributed by atoms with van der Waals surface area (Å²) in [5.41, 5.74) is 4.58. The maximum Gasteiger partial charge on any atom is 0.150 e. The van der Waals surface area contributed by atoms with Crippen molar-refractivity contribution in [3.05, 3.63) is 60.0 Å². The van der Waals surface area contributed by atoms with Crippen LogP contribution in [0.4, 0.5) is 11.4 Å². The number of benzene rings is 1. The third-order valence-corrected chi connectivity index (χ3v) is 3.43. The van der Waals surface area contributed by atoms with E-state index in [1.165, 1.54) is 0 Å². The molecule has 0 spiro atoms. The molecule has 0 aliphatic rings. The highest BCUT2D eigenvalue weighted by molar-refractivity contribution is 5.79. The number of nitrogens with one attached hydrogen (secondary N) is 1. The molecule has 0 atom stereocenters. The zero-order valence-corrected chi connectivity index (χ0v) is 12.7. The second-order valence-corrected chi connectivity index (χ2v) is 5.50. The summed E-state index contributed by atoms with van der Waals surface area (Å²) in [6, 6.07) is 9.73. The lowest BCUT2D eigenvalue weighted by Gasteiger charge is -2.14. The van der Waals surface area contributed by atoms with E-state index >= 15 is 0 Å². The Morgan fingerprint density at radius 1 is 1.23 bits per heavy atom. The molecule has 0 saturated heterocycles. The molecule has 0 unspecified atom stereocenters. The minimum Gasteiger partial charge on any atom is -0.354 e. The fraction of sp³-hybridized carbons (Fsp3) is 0.176. The number of hydrogen-bond donors (Lipinski definition) is 1. The number of aromatic nitrogens is 2. The Morgan fingerprint density at radius 3 is 2.82 bits per heavy atom. The van der Waals surface area contributed by atoms with Crippen molar-refractivity contribution >= 4 is 23.3 Å². The number of carbonyl (C=O) groups excluding carboxylic acids is 1. The lowest BCUT2D eigenvalue weighted by molar-refractivity contribution is 0.112. The molecule has 0 aliphatic heterocycles. The highest BCUT2D eigenvalue weighted by Gasteiger charge is 2.05. The topological polar surface area (TPSA) is 49.6 Å². The minimum atomic E-state index is 0.726. The summed E-state index contributed by atoms with van der Waals surface area (Å²) in [6.07, 6.45) is 6.57. The first-order valence-corrected chi connectivity index (χ1v) is 7.08. The number of pyridine rings is 1. The predicted octanol–water partition coefficient (Wildman–Crippen LogP) is 2.95. The number of anilines is 2. The monoisotopic (exact) mass is 294 g/mol. The van der Waals surface area contributed by atoms with Crippen molar-refractivity contribution in [2.24, 2.45) is 0 Å². The summed E-state index contributed by atoms with van der Waals surface area (Å²) in [7, 11) is 3.98. The summed E-state index contributed by atoms with van der Waals surface area (Å²) >= 11 is 0. The molecular formula is C17H18N4O. The summed E-state index contributed by atoms with van der Waals surface area (Å²) in [5, 5.41) is 3.37. The van der Waals surface area contributed by atoms with Gasteiger partial charge in [-0.1, -0.05) is 0 Å². The average molecular weight is 294 g/mol. The molecule has 0 amide bonds. The lowest BCUT2D eigenvalue weighted by atomic mass is 10.1. The number of carbonyl (C=O) groups is 1. The van der Waals surface area contributed by atoms with Gasteiger partial charge in [0.15, 0.2) is 0 Å². The van der Waals surface area contributed by atoms with Crippen molar-refractivity contribution in [3.8, 4) is 0 Å². The van der Waals surface area contributed by atoms with Crippen molar-refractivity contribution < 1.29 is 4.79 Å². The van der Waals surface area contributed by atoms with Crippen LogP contribution < -0.4 is 5.32 Å². The molecule has 2 aromatic heterocycles. The number of aldehydes is 1. The fourth-order valence-corrected chi connectivity index (χ4v) is 2.44. The number of imidazole rings is 1. The van der Waals surface area contributed by atoms with E-state index in [2.05, 4.69) is 10.3 Å². The second kappa shape index (κ2) is 5.99. The molecule has 5 nitrogen and oxygen atoms in total. The Bertz CT molecular complexity index is 807. The SMILES string of the molecule is CN(C)Cc1cc(Nc2ccc3nccn3c2)ccc1C=O. The molecule has 5 heteroatoms. The predicted molar refractivity (Wildman–Crippen MR) is 87.7 cm³/mol. The smallest absolute Gasteiger partial charge is 0.150 e. The first-order chi connectivity index (χ1) is 10.7. The van der Waals surface area contributed by atoms with Crippen LogP contribution in [-0.2, 0) is 6.54 Å². The maximum absolute atomic E-state index is 11.1. The zero-order chi connectivity index (χ0) is 15.5. The summed E-state index contributed by atoms with van der Waals surface area (Å²) in [6.45, 7) is 0.726. The van der Waals surface area contributed by atoms with Crippen molar-refractivity contribution in [2.75, 3.05) is 19.4 Å². The fourth-order valence-electron chi connectivity index (χ4n) is 2.44. The molecule has 3 aromatic rings. The van der Waals surface area contributed by atoms with E-state index in [4.69, 9.17) is 0 Å². The number of hydrogen-bond acceptors (Lipinski definition) is 4. The molecule has 0 bridgehead atoms. The van der Waals surface area contributed by atoms with Crippen LogP contribution in [0.1, 0.15) is 15.9 Å². The molecule has 0 saturated carbocycles. The first kappa shape index (κ1) is 14.3. The van der Waals surface area contributed by atoms with E-state index in [1.807, 2.05) is 66.1 Å². The first-order valence-electron chi connectivity index (χ1n) is 7.08. The lowest BCUT2D eigenvalue weighted by Crippen LogP contribution is -2.12. The highest BCUT2D eigenvalue weighted by Crippen LogP contribution is 2.21. The standard InChI is InChI=1S/C17H18N4O/c1-20(2)10-14-9-15(4-3-13(14)12-22)19-16-5-6-17-18-7-8-21(17)11-16/h3-9,11-12,19H,10H2,1-2H3. The van der Waals surface area contributed by atoms with E-state index < -0.39 is 0 Å². The average Bonchev–Trinajstić information content (AvgIpc) is 2.94. The van der Waals surface area contributed by atoms with Gasteiger partial charge in [0, 0.05) is 36.4 Å². The van der Waals surface area contributed by atoms with Crippen LogP contribution >= 0.6 is 0 Å². The van der Waals surface area contributed by atoms with Crippen LogP contribution in [-0.4, -0.2) is 34.7 Å². The van der Waals surface area contributed by atoms with Crippen molar-refractivity contribution in [1.29, 1.82) is 0 Å². The Kier molecular flexibility index (Phi) is 3.89. The van der Waals surface area contributed by atoms with Gasteiger partial charge in [-0.05, 0) is 50.0 Å². The molecule has 0 aliphatic carbocycles. The molecule has 0 fully saturated rings. The molecule has 2 heterocycles. The largest absolute Gasteiger partial charge is 0.354 e. The van der Waals surface area contributed by atoms with Gasteiger partial charge in [0.25, 0.3) is 0 Å². The van der Waals surface area contributed by atoms with Crippen LogP contribution in [0.15, 0.2) is 48.9 Å². The van der Waals surface area contributed by atoms with E-state index in [0.717, 1.165) is 41.0 Å². The minimum absolute atomic E-state index is 0.726. The van der Waals surface area contributed by atoms with Gasteiger partial charge in [-0.25, -0.2) is 4.98 Å².